The lowest BCUT2D eigenvalue weighted by atomic mass is 9.90. The molecule has 0 aromatic heterocycles. The molecule has 1 aromatic carbocycles. The van der Waals surface area contributed by atoms with E-state index in [0.29, 0.717) is 81.0 Å². The van der Waals surface area contributed by atoms with E-state index >= 15 is 4.79 Å². The quantitative estimate of drug-likeness (QED) is 0.0220. The Morgan fingerprint density at radius 1 is 0.573 bits per heavy atom. The van der Waals surface area contributed by atoms with Gasteiger partial charge in [-0.2, -0.15) is 0 Å². The van der Waals surface area contributed by atoms with Crippen molar-refractivity contribution in [1.82, 2.24) is 71.9 Å². The van der Waals surface area contributed by atoms with Crippen molar-refractivity contribution >= 4 is 124 Å². The fourth-order valence-electron chi connectivity index (χ4n) is 13.6. The summed E-state index contributed by atoms with van der Waals surface area (Å²) in [6, 6.07) is -2.20. The van der Waals surface area contributed by atoms with Gasteiger partial charge in [-0.3, -0.25) is 102 Å². The average Bonchev–Trinajstić information content (AvgIpc) is 1.67. The number of ketones is 1. The van der Waals surface area contributed by atoms with E-state index in [0.717, 1.165) is 0 Å². The molecule has 42 heteroatoms. The summed E-state index contributed by atoms with van der Waals surface area (Å²) >= 11 is 1.22. The zero-order valence-corrected chi connectivity index (χ0v) is 67.8. The molecule has 0 unspecified atom stereocenters. The van der Waals surface area contributed by atoms with Crippen molar-refractivity contribution in [2.45, 2.75) is 159 Å². The van der Waals surface area contributed by atoms with E-state index in [1.807, 2.05) is 11.8 Å². The molecular formula is C75H113N15O25S2. The lowest BCUT2D eigenvalue weighted by Crippen LogP contribution is -2.60. The Morgan fingerprint density at radius 2 is 1.08 bits per heavy atom. The van der Waals surface area contributed by atoms with Crippen molar-refractivity contribution < 1.29 is 121 Å². The predicted molar refractivity (Wildman–Crippen MR) is 420 cm³/mol. The van der Waals surface area contributed by atoms with E-state index in [2.05, 4.69) is 42.5 Å². The van der Waals surface area contributed by atoms with Crippen molar-refractivity contribution in [3.05, 3.63) is 45.7 Å². The number of aliphatic hydroxyl groups excluding tert-OH is 1. The van der Waals surface area contributed by atoms with Crippen molar-refractivity contribution in [3.8, 4) is 0 Å². The summed E-state index contributed by atoms with van der Waals surface area (Å²) in [5.74, 6) is -17.5. The highest BCUT2D eigenvalue weighted by molar-refractivity contribution is 8.08. The number of carbonyl (C=O) groups excluding carboxylic acids is 13. The maximum atomic E-state index is 15.2. The number of carboxylic acids is 4. The van der Waals surface area contributed by atoms with Crippen LogP contribution in [0, 0.1) is 5.92 Å². The molecule has 5 aliphatic rings. The summed E-state index contributed by atoms with van der Waals surface area (Å²) in [5, 5.41) is 70.5. The van der Waals surface area contributed by atoms with Gasteiger partial charge in [-0.15, -0.1) is 23.5 Å². The number of carbonyl (C=O) groups is 17. The molecular weight excluding hydrogens is 1580 g/mol. The summed E-state index contributed by atoms with van der Waals surface area (Å²) in [5.41, 5.74) is 6.00. The van der Waals surface area contributed by atoms with Gasteiger partial charge in [0, 0.05) is 135 Å². The van der Waals surface area contributed by atoms with E-state index in [1.54, 1.807) is 45.0 Å². The largest absolute Gasteiger partial charge is 0.480 e. The molecule has 117 heavy (non-hydrogen) atoms. The van der Waals surface area contributed by atoms with Gasteiger partial charge in [0.25, 0.3) is 11.8 Å². The van der Waals surface area contributed by atoms with E-state index in [-0.39, 0.29) is 185 Å². The molecule has 15 N–H and O–H groups in total. The molecule has 3 fully saturated rings. The zero-order valence-electron chi connectivity index (χ0n) is 66.1. The third kappa shape index (κ3) is 34.3. The Hall–Kier alpha value is -9.27. The van der Waals surface area contributed by atoms with Gasteiger partial charge >= 0.3 is 23.9 Å². The third-order valence-electron chi connectivity index (χ3n) is 19.9. The van der Waals surface area contributed by atoms with Crippen LogP contribution in [0.15, 0.2) is 40.1 Å². The minimum absolute atomic E-state index is 0.0158. The molecule has 0 saturated carbocycles. The minimum Gasteiger partial charge on any atom is -0.480 e. The second-order valence-electron chi connectivity index (χ2n) is 29.0. The van der Waals surface area contributed by atoms with Gasteiger partial charge in [0.2, 0.25) is 59.1 Å². The van der Waals surface area contributed by atoms with Gasteiger partial charge in [-0.25, -0.2) is 4.79 Å². The van der Waals surface area contributed by atoms with Crippen LogP contribution in [0.3, 0.4) is 0 Å². The Labute approximate surface area is 685 Å². The Kier molecular flexibility index (Phi) is 42.2. The van der Waals surface area contributed by atoms with Crippen LogP contribution in [0.1, 0.15) is 109 Å². The maximum absolute atomic E-state index is 15.2. The van der Waals surface area contributed by atoms with Gasteiger partial charge in [0.15, 0.2) is 5.78 Å². The number of fused-ring (bicyclic) bond motifs is 2. The minimum atomic E-state index is -1.79. The van der Waals surface area contributed by atoms with Crippen LogP contribution in [-0.2, 0) is 102 Å². The van der Waals surface area contributed by atoms with Crippen molar-refractivity contribution in [3.63, 3.8) is 0 Å². The molecule has 3 saturated heterocycles. The maximum Gasteiger partial charge on any atom is 0.327 e. The summed E-state index contributed by atoms with van der Waals surface area (Å²) < 4.78 is 16.8. The Morgan fingerprint density at radius 3 is 1.60 bits per heavy atom. The first-order valence-electron chi connectivity index (χ1n) is 39.5. The molecule has 1 aromatic rings. The zero-order chi connectivity index (χ0) is 85.5. The van der Waals surface area contributed by atoms with Crippen LogP contribution in [-0.4, -0.2) is 360 Å². The van der Waals surface area contributed by atoms with Crippen molar-refractivity contribution in [2.75, 3.05) is 156 Å². The van der Waals surface area contributed by atoms with E-state index in [9.17, 15) is 102 Å². The first-order valence-corrected chi connectivity index (χ1v) is 41.4. The number of imide groups is 1. The van der Waals surface area contributed by atoms with E-state index in [1.165, 1.54) is 16.7 Å². The number of nitrogens with two attached hydrogens (primary N) is 1. The highest BCUT2D eigenvalue weighted by atomic mass is 32.2. The number of aliphatic carboxylic acids is 4. The normalized spacial score (nSPS) is 22.5. The number of carboxylic acid groups (broad SMARTS) is 4. The number of nitrogens with zero attached hydrogens (tertiary/aromatic N) is 6. The smallest absolute Gasteiger partial charge is 0.327 e. The SMILES string of the molecule is CCCC[C@H](NC(=O)CCC(=O)NCCCOCCOCCOCCCNC(=O)CN1CCN(CC(=O)O)CCN(CC(=O)O)CCN(CC(=O)O)CC1)C(=O)N[C@H]1CSC2=C(SC[C@@H](C(=O)O)NC(=O)[C@H](Cc3ccccc3)CC(=O)[C@H](CCC(N)=O)NC(=O)[C@H]([C@@H](C)O)NC(=O)[C@@H]3CCCN3C(=O)[C@@H]3CCCN3C1=O)C(=O)NC2=O. The number of thioether (sulfide) groups is 2. The van der Waals surface area contributed by atoms with E-state index < -0.39 is 180 Å². The summed E-state index contributed by atoms with van der Waals surface area (Å²) in [6.07, 6.45) is -1.33. The number of unbranched alkanes of at least 4 members (excludes halogenated alkanes) is 1. The topological polar surface area (TPSA) is 561 Å². The lowest BCUT2D eigenvalue weighted by molar-refractivity contribution is -0.148. The van der Waals surface area contributed by atoms with E-state index in [4.69, 9.17) is 19.9 Å². The van der Waals surface area contributed by atoms with Crippen LogP contribution in [0.5, 0.6) is 0 Å². The second kappa shape index (κ2) is 51.1. The molecule has 0 radical (unpaired) electrons. The number of nitrogens with one attached hydrogen (secondary N) is 8. The van der Waals surface area contributed by atoms with Gasteiger partial charge in [-0.1, -0.05) is 50.1 Å². The van der Waals surface area contributed by atoms with Crippen LogP contribution in [0.2, 0.25) is 0 Å². The van der Waals surface area contributed by atoms with Crippen molar-refractivity contribution in [2.24, 2.45) is 11.7 Å². The molecule has 0 bridgehead atoms. The number of benzene rings is 1. The first kappa shape index (κ1) is 96.6. The standard InChI is InChI=1S/C75H113N15O25S2/c1-3-4-14-51(79-59(95)20-19-58(94)77-21-10-33-113-35-37-115-38-36-114-34-11-22-78-60(96)41-85-25-27-86(42-61(97)98)29-31-88(44-63(101)102)32-30-87(28-26-85)43-62(99)100)68(104)81-52-45-116-65-66(72(108)84-71(65)107)117-46-53(75(111)112)82-67(103)49(39-48-12-6-5-7-13-48)40-56(92)50(17-18-57(76)93)80-70(106)64(47(2)91)83-69(105)54-15-8-23-89(54)74(110)55-16-9-24-90(55)73(52)109/h5-7,12-13,47,49-55,64,91H,3-4,8-11,14-46H2,1-2H3,(H2,76,93)(H,77,94)(H,78,96)(H,79,95)(H,80,106)(H,81,104)(H,82,103)(H,83,105)(H,97,98)(H,99,100)(H,101,102)(H,111,112)(H,84,107,108)/t47-,49-,50+,51+,52+,53+,54+,55+,64+/m1/s1. The number of hydrogen-bond donors (Lipinski definition) is 14. The number of primary amides is 1. The molecule has 9 atom stereocenters. The highest BCUT2D eigenvalue weighted by Crippen LogP contribution is 2.34. The number of aliphatic hydroxyl groups is 1. The van der Waals surface area contributed by atoms with Crippen LogP contribution < -0.4 is 48.3 Å². The molecule has 5 heterocycles. The molecule has 12 amide bonds. The van der Waals surface area contributed by atoms with Crippen molar-refractivity contribution in [1.29, 1.82) is 0 Å². The van der Waals surface area contributed by atoms with Gasteiger partial charge in [-0.05, 0) is 70.3 Å². The second-order valence-corrected chi connectivity index (χ2v) is 31.1. The molecule has 6 rings (SSSR count). The van der Waals surface area contributed by atoms with Gasteiger partial charge in [0.1, 0.15) is 36.3 Å². The predicted octanol–water partition coefficient (Wildman–Crippen LogP) is -4.20. The molecule has 0 aliphatic carbocycles. The number of hydrogen-bond acceptors (Lipinski definition) is 27. The number of rotatable bonds is 38. The Balaban J connectivity index is 1.01. The summed E-state index contributed by atoms with van der Waals surface area (Å²) in [6.45, 7) is 6.36. The van der Waals surface area contributed by atoms with Crippen LogP contribution in [0.4, 0.5) is 0 Å². The number of amides is 12. The molecule has 5 aliphatic heterocycles. The van der Waals surface area contributed by atoms with Gasteiger partial charge in [0.05, 0.1) is 74.6 Å². The fraction of sp³-hybridized carbons (Fsp3) is 0.667. The first-order chi connectivity index (χ1) is 55.9. The average molecular weight is 1690 g/mol. The van der Waals surface area contributed by atoms with Gasteiger partial charge < -0.3 is 92.5 Å². The van der Waals surface area contributed by atoms with Crippen LogP contribution in [0.25, 0.3) is 0 Å². The number of ether oxygens (including phenoxy) is 3. The molecule has 0 spiro atoms. The number of Topliss-reactive ketones (excluding diaryl/α,β-unsaturated/α-hetero) is 1. The summed E-state index contributed by atoms with van der Waals surface area (Å²) in [4.78, 5) is 237. The Bertz CT molecular complexity index is 3610. The monoisotopic (exact) mass is 1690 g/mol. The third-order valence-corrected chi connectivity index (χ3v) is 22.4. The van der Waals surface area contributed by atoms with Crippen LogP contribution >= 0.6 is 23.5 Å². The summed E-state index contributed by atoms with van der Waals surface area (Å²) in [7, 11) is 0. The molecule has 650 valence electrons. The highest BCUT2D eigenvalue weighted by Gasteiger charge is 2.46. The fourth-order valence-corrected chi connectivity index (χ4v) is 15.9. The lowest BCUT2D eigenvalue weighted by Gasteiger charge is -2.34. The molecule has 40 nitrogen and oxygen atoms in total.